The molecule has 2 aromatic carbocycles. The predicted molar refractivity (Wildman–Crippen MR) is 84.1 cm³/mol. The van der Waals surface area contributed by atoms with Crippen LogP contribution >= 0.6 is 0 Å². The van der Waals surface area contributed by atoms with E-state index in [1.807, 2.05) is 13.0 Å². The molecule has 0 saturated carbocycles. The van der Waals surface area contributed by atoms with Gasteiger partial charge < -0.3 is 9.47 Å². The van der Waals surface area contributed by atoms with E-state index in [-0.39, 0.29) is 19.0 Å². The molecule has 0 aliphatic carbocycles. The van der Waals surface area contributed by atoms with Crippen LogP contribution in [0.2, 0.25) is 0 Å². The van der Waals surface area contributed by atoms with Gasteiger partial charge in [0.1, 0.15) is 19.5 Å². The van der Waals surface area contributed by atoms with E-state index in [9.17, 15) is 14.0 Å². The molecule has 2 aromatic rings. The molecule has 0 heterocycles. The molecule has 0 aromatic heterocycles. The highest BCUT2D eigenvalue weighted by atomic mass is 19.1. The van der Waals surface area contributed by atoms with Gasteiger partial charge in [-0.2, -0.15) is 0 Å². The minimum atomic E-state index is -0.509. The maximum Gasteiger partial charge on any atom is 0.302 e. The number of carbonyl (C=O) groups is 2. The number of carbonyl (C=O) groups excluding carboxylic acids is 2. The highest BCUT2D eigenvalue weighted by Gasteiger charge is 2.11. The van der Waals surface area contributed by atoms with E-state index in [1.165, 1.54) is 13.0 Å². The lowest BCUT2D eigenvalue weighted by atomic mass is 9.98. The molecule has 120 valence electrons. The Morgan fingerprint density at radius 1 is 1.22 bits per heavy atom. The number of halogens is 1. The summed E-state index contributed by atoms with van der Waals surface area (Å²) in [6, 6.07) is 9.92. The first-order chi connectivity index (χ1) is 11.0. The van der Waals surface area contributed by atoms with Crippen LogP contribution in [0.25, 0.3) is 11.1 Å². The molecule has 5 heteroatoms. The number of ether oxygens (including phenoxy) is 2. The molecule has 0 fully saturated rings. The third kappa shape index (κ3) is 4.39. The molecule has 0 bridgehead atoms. The first-order valence-electron chi connectivity index (χ1n) is 7.13. The van der Waals surface area contributed by atoms with Crippen LogP contribution in [0.15, 0.2) is 36.4 Å². The molecular weight excluding hydrogens is 299 g/mol. The molecule has 0 radical (unpaired) electrons. The van der Waals surface area contributed by atoms with Crippen molar-refractivity contribution in [1.29, 1.82) is 0 Å². The first kappa shape index (κ1) is 16.7. The highest BCUT2D eigenvalue weighted by molar-refractivity contribution is 5.79. The van der Waals surface area contributed by atoms with E-state index in [2.05, 4.69) is 0 Å². The van der Waals surface area contributed by atoms with Crippen molar-refractivity contribution in [3.05, 3.63) is 53.3 Å². The van der Waals surface area contributed by atoms with Crippen LogP contribution in [-0.4, -0.2) is 25.5 Å². The lowest BCUT2D eigenvalue weighted by Gasteiger charge is -2.12. The van der Waals surface area contributed by atoms with Crippen molar-refractivity contribution in [1.82, 2.24) is 0 Å². The molecule has 0 unspecified atom stereocenters. The van der Waals surface area contributed by atoms with E-state index in [0.717, 1.165) is 17.4 Å². The average Bonchev–Trinajstić information content (AvgIpc) is 2.54. The fraction of sp³-hybridized carbons (Fsp3) is 0.222. The number of aldehydes is 1. The Bertz CT molecular complexity index is 725. The molecule has 0 saturated heterocycles. The van der Waals surface area contributed by atoms with Crippen molar-refractivity contribution >= 4 is 12.3 Å². The summed E-state index contributed by atoms with van der Waals surface area (Å²) in [6.07, 6.45) is 0.752. The summed E-state index contributed by atoms with van der Waals surface area (Å²) in [5, 5.41) is 0. The third-order valence-electron chi connectivity index (χ3n) is 3.26. The van der Waals surface area contributed by atoms with Crippen LogP contribution in [0.3, 0.4) is 0 Å². The summed E-state index contributed by atoms with van der Waals surface area (Å²) in [6.45, 7) is 3.28. The fourth-order valence-electron chi connectivity index (χ4n) is 2.19. The van der Waals surface area contributed by atoms with Gasteiger partial charge in [0.15, 0.2) is 11.6 Å². The quantitative estimate of drug-likeness (QED) is 0.464. The van der Waals surface area contributed by atoms with Gasteiger partial charge in [-0.05, 0) is 41.8 Å². The second-order valence-corrected chi connectivity index (χ2v) is 5.03. The molecule has 0 spiro atoms. The van der Waals surface area contributed by atoms with Gasteiger partial charge in [0.05, 0.1) is 0 Å². The van der Waals surface area contributed by atoms with Gasteiger partial charge in [-0.15, -0.1) is 0 Å². The Balaban J connectivity index is 2.19. The summed E-state index contributed by atoms with van der Waals surface area (Å²) < 4.78 is 24.2. The lowest BCUT2D eigenvalue weighted by Crippen LogP contribution is -2.10. The number of benzene rings is 2. The van der Waals surface area contributed by atoms with Crippen LogP contribution < -0.4 is 4.74 Å². The van der Waals surface area contributed by atoms with E-state index < -0.39 is 11.8 Å². The van der Waals surface area contributed by atoms with Crippen molar-refractivity contribution in [3.63, 3.8) is 0 Å². The summed E-state index contributed by atoms with van der Waals surface area (Å²) in [4.78, 5) is 21.5. The second-order valence-electron chi connectivity index (χ2n) is 5.03. The normalized spacial score (nSPS) is 10.2. The summed E-state index contributed by atoms with van der Waals surface area (Å²) in [5.74, 6) is -0.814. The van der Waals surface area contributed by atoms with Crippen molar-refractivity contribution < 1.29 is 23.5 Å². The number of hydrogen-bond donors (Lipinski definition) is 0. The lowest BCUT2D eigenvalue weighted by molar-refractivity contribution is -0.141. The molecule has 0 N–H and O–H groups in total. The zero-order chi connectivity index (χ0) is 16.8. The van der Waals surface area contributed by atoms with Crippen molar-refractivity contribution in [2.45, 2.75) is 13.8 Å². The van der Waals surface area contributed by atoms with Crippen molar-refractivity contribution in [3.8, 4) is 16.9 Å². The minimum Gasteiger partial charge on any atom is -0.487 e. The van der Waals surface area contributed by atoms with Gasteiger partial charge in [0.25, 0.3) is 0 Å². The molecule has 0 atom stereocenters. The smallest absolute Gasteiger partial charge is 0.302 e. The van der Waals surface area contributed by atoms with E-state index in [1.54, 1.807) is 24.3 Å². The fourth-order valence-corrected chi connectivity index (χ4v) is 2.19. The summed E-state index contributed by atoms with van der Waals surface area (Å²) in [5.41, 5.74) is 2.80. The third-order valence-corrected chi connectivity index (χ3v) is 3.26. The molecule has 4 nitrogen and oxygen atoms in total. The second kappa shape index (κ2) is 7.54. The summed E-state index contributed by atoms with van der Waals surface area (Å²) >= 11 is 0. The van der Waals surface area contributed by atoms with Gasteiger partial charge in [-0.25, -0.2) is 4.39 Å². The average molecular weight is 316 g/mol. The SMILES string of the molecule is CC(=O)OCCOc1cc(C)c(-c2cccc(C=O)c2)cc1F. The minimum absolute atomic E-state index is 0.0664. The van der Waals surface area contributed by atoms with Gasteiger partial charge >= 0.3 is 5.97 Å². The van der Waals surface area contributed by atoms with Gasteiger partial charge in [-0.1, -0.05) is 18.2 Å². The molecule has 0 amide bonds. The van der Waals surface area contributed by atoms with Crippen LogP contribution in [-0.2, 0) is 9.53 Å². The Morgan fingerprint density at radius 2 is 2.00 bits per heavy atom. The monoisotopic (exact) mass is 316 g/mol. The van der Waals surface area contributed by atoms with Crippen LogP contribution in [0.5, 0.6) is 5.75 Å². The van der Waals surface area contributed by atoms with E-state index in [4.69, 9.17) is 9.47 Å². The largest absolute Gasteiger partial charge is 0.487 e. The Kier molecular flexibility index (Phi) is 5.46. The maximum atomic E-state index is 14.2. The topological polar surface area (TPSA) is 52.6 Å². The molecule has 23 heavy (non-hydrogen) atoms. The van der Waals surface area contributed by atoms with Gasteiger partial charge in [-0.3, -0.25) is 9.59 Å². The standard InChI is InChI=1S/C18H17FO4/c1-12-8-18(23-7-6-22-13(2)21)17(19)10-16(12)15-5-3-4-14(9-15)11-20/h3-5,8-11H,6-7H2,1-2H3. The maximum absolute atomic E-state index is 14.2. The number of rotatable bonds is 6. The number of aryl methyl sites for hydroxylation is 1. The Hall–Kier alpha value is -2.69. The van der Waals surface area contributed by atoms with E-state index >= 15 is 0 Å². The van der Waals surface area contributed by atoms with Crippen molar-refractivity contribution in [2.24, 2.45) is 0 Å². The highest BCUT2D eigenvalue weighted by Crippen LogP contribution is 2.30. The molecule has 0 aliphatic heterocycles. The Labute approximate surface area is 133 Å². The summed E-state index contributed by atoms with van der Waals surface area (Å²) in [7, 11) is 0. The predicted octanol–water partition coefficient (Wildman–Crippen LogP) is 3.56. The Morgan fingerprint density at radius 3 is 2.70 bits per heavy atom. The zero-order valence-electron chi connectivity index (χ0n) is 13.0. The zero-order valence-corrected chi connectivity index (χ0v) is 13.0. The van der Waals surface area contributed by atoms with Crippen LogP contribution in [0.4, 0.5) is 4.39 Å². The molecular formula is C18H17FO4. The van der Waals surface area contributed by atoms with Crippen LogP contribution in [0, 0.1) is 12.7 Å². The number of esters is 1. The van der Waals surface area contributed by atoms with Gasteiger partial charge in [0, 0.05) is 12.5 Å². The number of hydrogen-bond acceptors (Lipinski definition) is 4. The first-order valence-corrected chi connectivity index (χ1v) is 7.13. The van der Waals surface area contributed by atoms with Crippen molar-refractivity contribution in [2.75, 3.05) is 13.2 Å². The van der Waals surface area contributed by atoms with E-state index in [0.29, 0.717) is 11.1 Å². The molecule has 0 aliphatic rings. The van der Waals surface area contributed by atoms with Crippen LogP contribution in [0.1, 0.15) is 22.8 Å². The van der Waals surface area contributed by atoms with Gasteiger partial charge in [0.2, 0.25) is 0 Å². The molecule has 2 rings (SSSR count).